The minimum absolute atomic E-state index is 0.00371. The lowest BCUT2D eigenvalue weighted by atomic mass is 10.1. The molecule has 0 spiro atoms. The zero-order valence-electron chi connectivity index (χ0n) is 15.7. The monoisotopic (exact) mass is 401 g/mol. The molecule has 4 rings (SSSR count). The largest absolute Gasteiger partial charge is 0.711 e. The van der Waals surface area contributed by atoms with Crippen LogP contribution < -0.4 is 14.4 Å². The number of aromatic nitrogens is 2. The predicted molar refractivity (Wildman–Crippen MR) is 109 cm³/mol. The number of para-hydroxylation sites is 2. The summed E-state index contributed by atoms with van der Waals surface area (Å²) in [5.41, 5.74) is 1.23. The first-order chi connectivity index (χ1) is 14.6. The van der Waals surface area contributed by atoms with Crippen molar-refractivity contribution in [2.24, 2.45) is 0 Å². The van der Waals surface area contributed by atoms with Gasteiger partial charge in [0.2, 0.25) is 5.75 Å². The fraction of sp³-hybridized carbons (Fsp3) is 0. The Labute approximate surface area is 172 Å². The Morgan fingerprint density at radius 3 is 2.20 bits per heavy atom. The number of anilines is 2. The van der Waals surface area contributed by atoms with Crippen molar-refractivity contribution in [1.29, 1.82) is 0 Å². The van der Waals surface area contributed by atoms with Gasteiger partial charge in [0.25, 0.3) is 12.2 Å². The molecule has 0 aliphatic rings. The summed E-state index contributed by atoms with van der Waals surface area (Å²) >= 11 is 0. The third kappa shape index (κ3) is 4.10. The van der Waals surface area contributed by atoms with Crippen molar-refractivity contribution >= 4 is 17.3 Å². The molecule has 0 N–H and O–H groups in total. The van der Waals surface area contributed by atoms with E-state index in [0.717, 1.165) is 18.6 Å². The number of carbonyl (C=O) groups excluding carboxylic acids is 1. The minimum atomic E-state index is -0.586. The van der Waals surface area contributed by atoms with Crippen molar-refractivity contribution in [2.75, 3.05) is 4.90 Å². The molecule has 0 fully saturated rings. The van der Waals surface area contributed by atoms with Crippen LogP contribution in [0.4, 0.5) is 15.8 Å². The first kappa shape index (κ1) is 19.1. The van der Waals surface area contributed by atoms with Crippen LogP contribution in [0.15, 0.2) is 97.6 Å². The summed E-state index contributed by atoms with van der Waals surface area (Å²) < 4.78 is 20.2. The molecular formula is C23H16FN3O3. The van der Waals surface area contributed by atoms with E-state index in [1.807, 2.05) is 36.4 Å². The number of halogens is 1. The zero-order chi connectivity index (χ0) is 20.9. The van der Waals surface area contributed by atoms with Gasteiger partial charge in [-0.25, -0.2) is 9.12 Å². The van der Waals surface area contributed by atoms with Crippen LogP contribution in [-0.4, -0.2) is 10.9 Å². The molecule has 0 atom stereocenters. The van der Waals surface area contributed by atoms with Crippen molar-refractivity contribution in [3.8, 4) is 11.5 Å². The first-order valence-electron chi connectivity index (χ1n) is 9.07. The number of hydrogen-bond donors (Lipinski definition) is 0. The fourth-order valence-electron chi connectivity index (χ4n) is 2.96. The lowest BCUT2D eigenvalue weighted by Gasteiger charge is -2.24. The normalized spacial score (nSPS) is 10.4. The number of ether oxygens (including phenoxy) is 1. The van der Waals surface area contributed by atoms with Gasteiger partial charge in [0.1, 0.15) is 17.8 Å². The second kappa shape index (κ2) is 8.40. The molecule has 1 aromatic heterocycles. The van der Waals surface area contributed by atoms with Gasteiger partial charge in [-0.1, -0.05) is 41.4 Å². The van der Waals surface area contributed by atoms with Gasteiger partial charge in [-0.15, -0.1) is 0 Å². The van der Waals surface area contributed by atoms with Gasteiger partial charge in [-0.05, 0) is 42.5 Å². The van der Waals surface area contributed by atoms with Crippen molar-refractivity contribution in [1.82, 2.24) is 4.98 Å². The van der Waals surface area contributed by atoms with Gasteiger partial charge < -0.3 is 9.94 Å². The molecule has 0 radical (unpaired) electrons. The molecule has 0 unspecified atom stereocenters. The maximum Gasteiger partial charge on any atom is 0.289 e. The smallest absolute Gasteiger partial charge is 0.289 e. The summed E-state index contributed by atoms with van der Waals surface area (Å²) in [6.45, 7) is 0. The van der Waals surface area contributed by atoms with Crippen molar-refractivity contribution < 1.29 is 18.7 Å². The highest BCUT2D eigenvalue weighted by atomic mass is 19.1. The van der Waals surface area contributed by atoms with E-state index in [4.69, 9.17) is 4.74 Å². The van der Waals surface area contributed by atoms with Gasteiger partial charge in [0, 0.05) is 11.4 Å². The average molecular weight is 401 g/mol. The lowest BCUT2D eigenvalue weighted by molar-refractivity contribution is -0.609. The van der Waals surface area contributed by atoms with Crippen LogP contribution in [0.5, 0.6) is 11.5 Å². The topological polar surface area (TPSA) is 69.4 Å². The molecule has 30 heavy (non-hydrogen) atoms. The van der Waals surface area contributed by atoms with E-state index in [-0.39, 0.29) is 17.1 Å². The molecule has 7 heteroatoms. The highest BCUT2D eigenvalue weighted by molar-refractivity contribution is 6.12. The first-order valence-corrected chi connectivity index (χ1v) is 9.07. The zero-order valence-corrected chi connectivity index (χ0v) is 15.7. The van der Waals surface area contributed by atoms with Crippen LogP contribution in [0, 0.1) is 11.0 Å². The molecule has 0 aliphatic heterocycles. The highest BCUT2D eigenvalue weighted by Gasteiger charge is 2.24. The van der Waals surface area contributed by atoms with Crippen LogP contribution in [0.2, 0.25) is 0 Å². The summed E-state index contributed by atoms with van der Waals surface area (Å²) in [5.74, 6) is -0.844. The maximum absolute atomic E-state index is 14.1. The third-order valence-corrected chi connectivity index (χ3v) is 4.27. The molecular weight excluding hydrogens is 385 g/mol. The minimum Gasteiger partial charge on any atom is -0.711 e. The van der Waals surface area contributed by atoms with Gasteiger partial charge in [0.05, 0.1) is 5.56 Å². The number of nitrogens with zero attached hydrogens (tertiary/aromatic N) is 3. The molecule has 4 aromatic rings. The van der Waals surface area contributed by atoms with Crippen LogP contribution >= 0.6 is 0 Å². The predicted octanol–water partition coefficient (Wildman–Crippen LogP) is 4.62. The molecule has 0 saturated heterocycles. The summed E-state index contributed by atoms with van der Waals surface area (Å²) in [5, 5.41) is 11.5. The molecule has 148 valence electrons. The van der Waals surface area contributed by atoms with Gasteiger partial charge in [-0.3, -0.25) is 9.69 Å². The number of hydrogen-bond acceptors (Lipinski definition) is 4. The standard InChI is InChI=1S/C23H16FN3O3/c24-17-11-12-22(30-20-14-25-16-26(29)15-20)21(13-17)23(28)27(18-7-3-1-4-8-18)19-9-5-2-6-10-19/h1-16H. The summed E-state index contributed by atoms with van der Waals surface area (Å²) in [7, 11) is 0. The second-order valence-corrected chi connectivity index (χ2v) is 6.34. The van der Waals surface area contributed by atoms with E-state index in [1.165, 1.54) is 23.2 Å². The van der Waals surface area contributed by atoms with E-state index in [2.05, 4.69) is 4.98 Å². The van der Waals surface area contributed by atoms with Crippen molar-refractivity contribution in [3.63, 3.8) is 0 Å². The SMILES string of the molecule is O=C(c1cc(F)ccc1Oc1cnc[n+]([O-])c1)N(c1ccccc1)c1ccccc1. The van der Waals surface area contributed by atoms with E-state index in [0.29, 0.717) is 16.1 Å². The number of amides is 1. The van der Waals surface area contributed by atoms with Crippen LogP contribution in [0.3, 0.4) is 0 Å². The van der Waals surface area contributed by atoms with E-state index < -0.39 is 11.7 Å². The number of rotatable bonds is 5. The fourth-order valence-corrected chi connectivity index (χ4v) is 2.96. The number of carbonyl (C=O) groups is 1. The lowest BCUT2D eigenvalue weighted by Crippen LogP contribution is -2.27. The Hall–Kier alpha value is -4.26. The van der Waals surface area contributed by atoms with Crippen LogP contribution in [0.1, 0.15) is 10.4 Å². The Balaban J connectivity index is 1.79. The Morgan fingerprint density at radius 1 is 0.967 bits per heavy atom. The molecule has 1 amide bonds. The summed E-state index contributed by atoms with van der Waals surface area (Å²) in [6.07, 6.45) is 3.56. The van der Waals surface area contributed by atoms with E-state index in [9.17, 15) is 14.4 Å². The Bertz CT molecular complexity index is 1130. The molecule has 3 aromatic carbocycles. The second-order valence-electron chi connectivity index (χ2n) is 6.34. The van der Waals surface area contributed by atoms with E-state index in [1.54, 1.807) is 24.3 Å². The average Bonchev–Trinajstić information content (AvgIpc) is 2.77. The molecule has 1 heterocycles. The highest BCUT2D eigenvalue weighted by Crippen LogP contribution is 2.32. The summed E-state index contributed by atoms with van der Waals surface area (Å²) in [4.78, 5) is 18.8. The third-order valence-electron chi connectivity index (χ3n) is 4.27. The van der Waals surface area contributed by atoms with Crippen LogP contribution in [0.25, 0.3) is 0 Å². The number of benzene rings is 3. The Kier molecular flexibility index (Phi) is 5.34. The molecule has 0 aliphatic carbocycles. The van der Waals surface area contributed by atoms with Crippen LogP contribution in [-0.2, 0) is 0 Å². The quantitative estimate of drug-likeness (QED) is 0.361. The van der Waals surface area contributed by atoms with E-state index >= 15 is 0 Å². The van der Waals surface area contributed by atoms with Gasteiger partial charge >= 0.3 is 0 Å². The molecule has 0 bridgehead atoms. The van der Waals surface area contributed by atoms with Crippen molar-refractivity contribution in [2.45, 2.75) is 0 Å². The summed E-state index contributed by atoms with van der Waals surface area (Å²) in [6, 6.07) is 21.7. The van der Waals surface area contributed by atoms with Gasteiger partial charge in [0.15, 0.2) is 6.20 Å². The Morgan fingerprint density at radius 2 is 1.60 bits per heavy atom. The molecule has 6 nitrogen and oxygen atoms in total. The van der Waals surface area contributed by atoms with Gasteiger partial charge in [-0.2, -0.15) is 0 Å². The maximum atomic E-state index is 14.1. The molecule has 0 saturated carbocycles. The van der Waals surface area contributed by atoms with Crippen molar-refractivity contribution in [3.05, 3.63) is 114 Å².